The summed E-state index contributed by atoms with van der Waals surface area (Å²) in [5, 5.41) is 12.2. The van der Waals surface area contributed by atoms with Gasteiger partial charge in [-0.2, -0.15) is 0 Å². The van der Waals surface area contributed by atoms with Gasteiger partial charge in [0.2, 0.25) is 0 Å². The molecule has 2 unspecified atom stereocenters. The Morgan fingerprint density at radius 3 is 3.17 bits per heavy atom. The Bertz CT molecular complexity index is 775. The smallest absolute Gasteiger partial charge is 0.261 e. The molecule has 126 valence electrons. The number of fused-ring (bicyclic) bond motifs is 2. The Morgan fingerprint density at radius 1 is 1.46 bits per heavy atom. The zero-order valence-electron chi connectivity index (χ0n) is 13.5. The van der Waals surface area contributed by atoms with E-state index in [4.69, 9.17) is 16.3 Å². The van der Waals surface area contributed by atoms with Crippen molar-refractivity contribution < 1.29 is 9.53 Å². The van der Waals surface area contributed by atoms with Crippen LogP contribution in [0.4, 0.5) is 0 Å². The third-order valence-corrected chi connectivity index (χ3v) is 4.91. The summed E-state index contributed by atoms with van der Waals surface area (Å²) in [6.45, 7) is 2.79. The molecule has 1 N–H and O–H groups in total. The van der Waals surface area contributed by atoms with Crippen molar-refractivity contribution in [2.45, 2.75) is 51.3 Å². The lowest BCUT2D eigenvalue weighted by Gasteiger charge is -2.26. The van der Waals surface area contributed by atoms with E-state index in [0.717, 1.165) is 48.8 Å². The molecule has 3 heterocycles. The average Bonchev–Trinajstić information content (AvgIpc) is 3.17. The molecule has 7 heteroatoms. The highest BCUT2D eigenvalue weighted by Gasteiger charge is 2.32. The molecule has 24 heavy (non-hydrogen) atoms. The van der Waals surface area contributed by atoms with E-state index in [0.29, 0.717) is 11.4 Å². The number of ether oxygens (including phenoxy) is 1. The second kappa shape index (κ2) is 6.09. The molecule has 0 radical (unpaired) electrons. The zero-order chi connectivity index (χ0) is 16.7. The van der Waals surface area contributed by atoms with E-state index >= 15 is 0 Å². The summed E-state index contributed by atoms with van der Waals surface area (Å²) >= 11 is 6.00. The van der Waals surface area contributed by atoms with Gasteiger partial charge in [0.05, 0.1) is 0 Å². The molecular formula is C17H19ClN4O2. The number of benzene rings is 1. The molecule has 1 amide bonds. The Kier molecular flexibility index (Phi) is 3.92. The van der Waals surface area contributed by atoms with Crippen LogP contribution in [-0.2, 0) is 30.6 Å². The van der Waals surface area contributed by atoms with E-state index < -0.39 is 6.10 Å². The molecule has 1 aromatic heterocycles. The van der Waals surface area contributed by atoms with Crippen LogP contribution in [0.5, 0.6) is 5.75 Å². The molecule has 0 bridgehead atoms. The van der Waals surface area contributed by atoms with Crippen LogP contribution in [-0.4, -0.2) is 32.8 Å². The number of nitrogens with zero attached hydrogens (tertiary/aromatic N) is 3. The van der Waals surface area contributed by atoms with Gasteiger partial charge in [-0.15, -0.1) is 10.2 Å². The number of aryl methyl sites for hydroxylation is 2. The van der Waals surface area contributed by atoms with Crippen LogP contribution < -0.4 is 10.1 Å². The lowest BCUT2D eigenvalue weighted by atomic mass is 10.1. The van der Waals surface area contributed by atoms with Gasteiger partial charge in [-0.05, 0) is 30.2 Å². The number of halogens is 1. The van der Waals surface area contributed by atoms with Gasteiger partial charge in [0.15, 0.2) is 6.10 Å². The topological polar surface area (TPSA) is 69.0 Å². The number of carbonyl (C=O) groups is 1. The van der Waals surface area contributed by atoms with Crippen LogP contribution in [0.15, 0.2) is 18.2 Å². The fourth-order valence-electron chi connectivity index (χ4n) is 3.42. The maximum atomic E-state index is 12.6. The van der Waals surface area contributed by atoms with Crippen LogP contribution in [0.25, 0.3) is 0 Å². The lowest BCUT2D eigenvalue weighted by molar-refractivity contribution is -0.128. The SMILES string of the molecule is CCc1nnc2n1CC(NC(=O)C1Cc3cc(Cl)ccc3O1)CC2. The minimum Gasteiger partial charge on any atom is -0.480 e. The number of carbonyl (C=O) groups excluding carboxylic acids is 1. The second-order valence-electron chi connectivity index (χ2n) is 6.30. The molecule has 4 rings (SSSR count). The predicted molar refractivity (Wildman–Crippen MR) is 89.2 cm³/mol. The molecule has 0 fully saturated rings. The monoisotopic (exact) mass is 346 g/mol. The van der Waals surface area contributed by atoms with Crippen molar-refractivity contribution in [2.24, 2.45) is 0 Å². The molecule has 0 spiro atoms. The first kappa shape index (κ1) is 15.4. The summed E-state index contributed by atoms with van der Waals surface area (Å²) in [7, 11) is 0. The van der Waals surface area contributed by atoms with Crippen LogP contribution >= 0.6 is 11.6 Å². The van der Waals surface area contributed by atoms with Gasteiger partial charge in [0, 0.05) is 36.9 Å². The number of nitrogens with one attached hydrogen (secondary N) is 1. The van der Waals surface area contributed by atoms with Crippen molar-refractivity contribution in [3.63, 3.8) is 0 Å². The van der Waals surface area contributed by atoms with E-state index in [-0.39, 0.29) is 11.9 Å². The molecular weight excluding hydrogens is 328 g/mol. The van der Waals surface area contributed by atoms with Crippen molar-refractivity contribution in [3.05, 3.63) is 40.4 Å². The third-order valence-electron chi connectivity index (χ3n) is 4.68. The second-order valence-corrected chi connectivity index (χ2v) is 6.74. The molecule has 2 aromatic rings. The van der Waals surface area contributed by atoms with E-state index in [9.17, 15) is 4.79 Å². The normalized spacial score (nSPS) is 21.8. The van der Waals surface area contributed by atoms with E-state index in [2.05, 4.69) is 27.0 Å². The maximum absolute atomic E-state index is 12.6. The number of hydrogen-bond acceptors (Lipinski definition) is 4. The Morgan fingerprint density at radius 2 is 2.33 bits per heavy atom. The highest BCUT2D eigenvalue weighted by molar-refractivity contribution is 6.30. The first-order valence-electron chi connectivity index (χ1n) is 8.30. The van der Waals surface area contributed by atoms with Crippen molar-refractivity contribution in [1.29, 1.82) is 0 Å². The summed E-state index contributed by atoms with van der Waals surface area (Å²) < 4.78 is 7.89. The van der Waals surface area contributed by atoms with Gasteiger partial charge < -0.3 is 14.6 Å². The molecule has 1 aromatic carbocycles. The summed E-state index contributed by atoms with van der Waals surface area (Å²) in [4.78, 5) is 12.6. The molecule has 0 saturated carbocycles. The van der Waals surface area contributed by atoms with Crippen LogP contribution in [0.3, 0.4) is 0 Å². The van der Waals surface area contributed by atoms with E-state index in [1.807, 2.05) is 12.1 Å². The molecule has 0 aliphatic carbocycles. The molecule has 2 aliphatic heterocycles. The summed E-state index contributed by atoms with van der Waals surface area (Å²) in [6.07, 6.45) is 2.63. The van der Waals surface area contributed by atoms with E-state index in [1.165, 1.54) is 0 Å². The van der Waals surface area contributed by atoms with Gasteiger partial charge >= 0.3 is 0 Å². The minimum absolute atomic E-state index is 0.0677. The molecule has 2 aliphatic rings. The maximum Gasteiger partial charge on any atom is 0.261 e. The van der Waals surface area contributed by atoms with Crippen molar-refractivity contribution >= 4 is 17.5 Å². The fraction of sp³-hybridized carbons (Fsp3) is 0.471. The molecule has 6 nitrogen and oxygen atoms in total. The van der Waals surface area contributed by atoms with Gasteiger partial charge in [-0.1, -0.05) is 18.5 Å². The number of aromatic nitrogens is 3. The summed E-state index contributed by atoms with van der Waals surface area (Å²) in [5.74, 6) is 2.67. The lowest BCUT2D eigenvalue weighted by Crippen LogP contribution is -2.46. The highest BCUT2D eigenvalue weighted by atomic mass is 35.5. The van der Waals surface area contributed by atoms with Gasteiger partial charge in [0.25, 0.3) is 5.91 Å². The van der Waals surface area contributed by atoms with Gasteiger partial charge in [0.1, 0.15) is 17.4 Å². The van der Waals surface area contributed by atoms with Crippen LogP contribution in [0.1, 0.15) is 30.6 Å². The Labute approximate surface area is 145 Å². The first-order valence-corrected chi connectivity index (χ1v) is 8.68. The van der Waals surface area contributed by atoms with Crippen LogP contribution in [0, 0.1) is 0 Å². The minimum atomic E-state index is -0.480. The third kappa shape index (κ3) is 2.75. The number of amides is 1. The van der Waals surface area contributed by atoms with Crippen molar-refractivity contribution in [3.8, 4) is 5.75 Å². The standard InChI is InChI=1S/C17H19ClN4O2/c1-2-15-20-21-16-6-4-12(9-22(15)16)19-17(23)14-8-10-7-11(18)3-5-13(10)24-14/h3,5,7,12,14H,2,4,6,8-9H2,1H3,(H,19,23). The van der Waals surface area contributed by atoms with Crippen molar-refractivity contribution in [2.75, 3.05) is 0 Å². The molecule has 2 atom stereocenters. The van der Waals surface area contributed by atoms with E-state index in [1.54, 1.807) is 6.07 Å². The number of hydrogen-bond donors (Lipinski definition) is 1. The fourth-order valence-corrected chi connectivity index (χ4v) is 3.61. The number of rotatable bonds is 3. The summed E-state index contributed by atoms with van der Waals surface area (Å²) in [6, 6.07) is 5.55. The first-order chi connectivity index (χ1) is 11.6. The van der Waals surface area contributed by atoms with Crippen molar-refractivity contribution in [1.82, 2.24) is 20.1 Å². The Hall–Kier alpha value is -2.08. The highest BCUT2D eigenvalue weighted by Crippen LogP contribution is 2.31. The van der Waals surface area contributed by atoms with Gasteiger partial charge in [-0.3, -0.25) is 4.79 Å². The zero-order valence-corrected chi connectivity index (χ0v) is 14.2. The predicted octanol–water partition coefficient (Wildman–Crippen LogP) is 1.93. The molecule has 0 saturated heterocycles. The largest absolute Gasteiger partial charge is 0.480 e. The Balaban J connectivity index is 1.41. The van der Waals surface area contributed by atoms with Crippen LogP contribution in [0.2, 0.25) is 5.02 Å². The summed E-state index contributed by atoms with van der Waals surface area (Å²) in [5.41, 5.74) is 0.987. The quantitative estimate of drug-likeness (QED) is 0.922. The van der Waals surface area contributed by atoms with Gasteiger partial charge in [-0.25, -0.2) is 0 Å². The average molecular weight is 347 g/mol.